The SMILES string of the molecule is Nc1ccc(OCCCCCO)c(C(=O)O)c1. The van der Waals surface area contributed by atoms with E-state index in [4.69, 9.17) is 20.7 Å². The fourth-order valence-corrected chi connectivity index (χ4v) is 1.41. The average Bonchev–Trinajstić information content (AvgIpc) is 2.30. The van der Waals surface area contributed by atoms with Gasteiger partial charge in [0.05, 0.1) is 6.61 Å². The molecule has 5 heteroatoms. The molecule has 0 bridgehead atoms. The van der Waals surface area contributed by atoms with Crippen molar-refractivity contribution in [3.8, 4) is 5.75 Å². The van der Waals surface area contributed by atoms with Gasteiger partial charge in [0.15, 0.2) is 0 Å². The number of hydrogen-bond acceptors (Lipinski definition) is 4. The van der Waals surface area contributed by atoms with Gasteiger partial charge in [-0.15, -0.1) is 0 Å². The molecule has 0 saturated heterocycles. The first kappa shape index (κ1) is 13.3. The van der Waals surface area contributed by atoms with Crippen LogP contribution in [0.4, 0.5) is 5.69 Å². The zero-order valence-corrected chi connectivity index (χ0v) is 9.56. The topological polar surface area (TPSA) is 92.8 Å². The highest BCUT2D eigenvalue weighted by atomic mass is 16.5. The summed E-state index contributed by atoms with van der Waals surface area (Å²) in [5.41, 5.74) is 5.99. The summed E-state index contributed by atoms with van der Waals surface area (Å²) in [6.45, 7) is 0.604. The lowest BCUT2D eigenvalue weighted by Gasteiger charge is -2.09. The molecule has 0 fully saturated rings. The zero-order chi connectivity index (χ0) is 12.7. The smallest absolute Gasteiger partial charge is 0.339 e. The van der Waals surface area contributed by atoms with E-state index >= 15 is 0 Å². The molecule has 4 N–H and O–H groups in total. The largest absolute Gasteiger partial charge is 0.493 e. The second-order valence-electron chi connectivity index (χ2n) is 3.69. The van der Waals surface area contributed by atoms with Gasteiger partial charge in [-0.05, 0) is 37.5 Å². The van der Waals surface area contributed by atoms with Gasteiger partial charge in [0.2, 0.25) is 0 Å². The van der Waals surface area contributed by atoms with Crippen molar-refractivity contribution in [3.63, 3.8) is 0 Å². The Balaban J connectivity index is 2.55. The lowest BCUT2D eigenvalue weighted by molar-refractivity contribution is 0.0692. The van der Waals surface area contributed by atoms with Gasteiger partial charge < -0.3 is 20.7 Å². The third kappa shape index (κ3) is 4.32. The number of aliphatic hydroxyl groups is 1. The van der Waals surface area contributed by atoms with E-state index in [-0.39, 0.29) is 12.2 Å². The number of aromatic carboxylic acids is 1. The molecule has 0 aliphatic carbocycles. The van der Waals surface area contributed by atoms with Crippen LogP contribution in [0.3, 0.4) is 0 Å². The quantitative estimate of drug-likeness (QED) is 0.495. The standard InChI is InChI=1S/C12H17NO4/c13-9-4-5-11(10(8-9)12(15)16)17-7-3-1-2-6-14/h4-5,8,14H,1-3,6-7,13H2,(H,15,16). The molecule has 1 aromatic rings. The molecule has 94 valence electrons. The van der Waals surface area contributed by atoms with E-state index in [0.717, 1.165) is 19.3 Å². The number of nitrogen functional groups attached to an aromatic ring is 1. The molecule has 0 spiro atoms. The van der Waals surface area contributed by atoms with E-state index in [1.54, 1.807) is 12.1 Å². The van der Waals surface area contributed by atoms with Gasteiger partial charge in [0.1, 0.15) is 11.3 Å². The Labute approximate surface area is 99.8 Å². The van der Waals surface area contributed by atoms with E-state index in [0.29, 0.717) is 18.0 Å². The van der Waals surface area contributed by atoms with Crippen molar-refractivity contribution in [3.05, 3.63) is 23.8 Å². The van der Waals surface area contributed by atoms with E-state index in [9.17, 15) is 4.79 Å². The number of unbranched alkanes of at least 4 members (excludes halogenated alkanes) is 2. The van der Waals surface area contributed by atoms with Crippen LogP contribution in [0.15, 0.2) is 18.2 Å². The van der Waals surface area contributed by atoms with Crippen LogP contribution in [0.2, 0.25) is 0 Å². The van der Waals surface area contributed by atoms with Crippen molar-refractivity contribution < 1.29 is 19.7 Å². The Morgan fingerprint density at radius 2 is 2.06 bits per heavy atom. The van der Waals surface area contributed by atoms with Crippen molar-refractivity contribution >= 4 is 11.7 Å². The maximum absolute atomic E-state index is 10.9. The van der Waals surface area contributed by atoms with Crippen LogP contribution in [0.5, 0.6) is 5.75 Å². The van der Waals surface area contributed by atoms with Crippen LogP contribution in [0, 0.1) is 0 Å². The maximum Gasteiger partial charge on any atom is 0.339 e. The predicted molar refractivity (Wildman–Crippen MR) is 64.2 cm³/mol. The van der Waals surface area contributed by atoms with Gasteiger partial charge >= 0.3 is 5.97 Å². The number of rotatable bonds is 7. The van der Waals surface area contributed by atoms with Gasteiger partial charge in [0, 0.05) is 12.3 Å². The minimum atomic E-state index is -1.05. The van der Waals surface area contributed by atoms with Crippen molar-refractivity contribution in [2.45, 2.75) is 19.3 Å². The molecule has 0 radical (unpaired) electrons. The summed E-state index contributed by atoms with van der Waals surface area (Å²) in [6.07, 6.45) is 2.37. The fourth-order valence-electron chi connectivity index (χ4n) is 1.41. The molecule has 1 aromatic carbocycles. The summed E-state index contributed by atoms with van der Waals surface area (Å²) in [6, 6.07) is 4.55. The number of carboxylic acids is 1. The molecular weight excluding hydrogens is 222 g/mol. The van der Waals surface area contributed by atoms with E-state index in [1.807, 2.05) is 0 Å². The molecule has 0 saturated carbocycles. The predicted octanol–water partition coefficient (Wildman–Crippen LogP) is 1.51. The first-order chi connectivity index (χ1) is 8.15. The number of aliphatic hydroxyl groups excluding tert-OH is 1. The van der Waals surface area contributed by atoms with Crippen LogP contribution in [-0.2, 0) is 0 Å². The van der Waals surface area contributed by atoms with Gasteiger partial charge in [-0.25, -0.2) is 4.79 Å². The number of ether oxygens (including phenoxy) is 1. The summed E-state index contributed by atoms with van der Waals surface area (Å²) in [4.78, 5) is 10.9. The zero-order valence-electron chi connectivity index (χ0n) is 9.56. The van der Waals surface area contributed by atoms with Gasteiger partial charge in [-0.2, -0.15) is 0 Å². The van der Waals surface area contributed by atoms with Crippen LogP contribution in [-0.4, -0.2) is 29.4 Å². The Bertz CT molecular complexity index is 379. The summed E-state index contributed by atoms with van der Waals surface area (Å²) < 4.78 is 5.38. The van der Waals surface area contributed by atoms with Gasteiger partial charge in [-0.3, -0.25) is 0 Å². The second kappa shape index (κ2) is 6.75. The lowest BCUT2D eigenvalue weighted by Crippen LogP contribution is -2.05. The molecule has 0 amide bonds. The fraction of sp³-hybridized carbons (Fsp3) is 0.417. The molecule has 0 atom stereocenters. The number of carboxylic acid groups (broad SMARTS) is 1. The minimum absolute atomic E-state index is 0.0761. The molecule has 0 unspecified atom stereocenters. The highest BCUT2D eigenvalue weighted by Crippen LogP contribution is 2.21. The normalized spacial score (nSPS) is 10.2. The van der Waals surface area contributed by atoms with Gasteiger partial charge in [-0.1, -0.05) is 0 Å². The first-order valence-electron chi connectivity index (χ1n) is 5.51. The summed E-state index contributed by atoms with van der Waals surface area (Å²) in [5.74, 6) is -0.724. The molecular formula is C12H17NO4. The number of anilines is 1. The Kier molecular flexibility index (Phi) is 5.29. The molecule has 0 heterocycles. The number of hydrogen-bond donors (Lipinski definition) is 3. The second-order valence-corrected chi connectivity index (χ2v) is 3.69. The highest BCUT2D eigenvalue weighted by Gasteiger charge is 2.11. The monoisotopic (exact) mass is 239 g/mol. The van der Waals surface area contributed by atoms with E-state index < -0.39 is 5.97 Å². The summed E-state index contributed by atoms with van der Waals surface area (Å²) in [7, 11) is 0. The van der Waals surface area contributed by atoms with Crippen LogP contribution >= 0.6 is 0 Å². The summed E-state index contributed by atoms with van der Waals surface area (Å²) >= 11 is 0. The van der Waals surface area contributed by atoms with E-state index in [1.165, 1.54) is 6.07 Å². The molecule has 0 aromatic heterocycles. The number of benzene rings is 1. The average molecular weight is 239 g/mol. The minimum Gasteiger partial charge on any atom is -0.493 e. The number of nitrogens with two attached hydrogens (primary N) is 1. The van der Waals surface area contributed by atoms with Crippen molar-refractivity contribution in [1.29, 1.82) is 0 Å². The van der Waals surface area contributed by atoms with Crippen LogP contribution in [0.25, 0.3) is 0 Å². The Morgan fingerprint density at radius 3 is 2.71 bits per heavy atom. The third-order valence-corrected chi connectivity index (χ3v) is 2.29. The molecule has 0 aliphatic rings. The molecule has 17 heavy (non-hydrogen) atoms. The Morgan fingerprint density at radius 1 is 1.29 bits per heavy atom. The number of carbonyl (C=O) groups is 1. The molecule has 1 rings (SSSR count). The van der Waals surface area contributed by atoms with Crippen molar-refractivity contribution in [2.75, 3.05) is 18.9 Å². The Hall–Kier alpha value is -1.75. The summed E-state index contributed by atoms with van der Waals surface area (Å²) in [5, 5.41) is 17.6. The lowest BCUT2D eigenvalue weighted by atomic mass is 10.2. The maximum atomic E-state index is 10.9. The highest BCUT2D eigenvalue weighted by molar-refractivity contribution is 5.92. The molecule has 0 aliphatic heterocycles. The van der Waals surface area contributed by atoms with Crippen molar-refractivity contribution in [1.82, 2.24) is 0 Å². The van der Waals surface area contributed by atoms with Crippen LogP contribution in [0.1, 0.15) is 29.6 Å². The third-order valence-electron chi connectivity index (χ3n) is 2.29. The van der Waals surface area contributed by atoms with Gasteiger partial charge in [0.25, 0.3) is 0 Å². The van der Waals surface area contributed by atoms with E-state index in [2.05, 4.69) is 0 Å². The first-order valence-corrected chi connectivity index (χ1v) is 5.51. The van der Waals surface area contributed by atoms with Crippen molar-refractivity contribution in [2.24, 2.45) is 0 Å². The van der Waals surface area contributed by atoms with Crippen LogP contribution < -0.4 is 10.5 Å². The molecule has 5 nitrogen and oxygen atoms in total.